The number of nitrogens with one attached hydrogen (secondary N) is 1. The van der Waals surface area contributed by atoms with E-state index >= 15 is 0 Å². The fraction of sp³-hybridized carbons (Fsp3) is 0.182. The van der Waals surface area contributed by atoms with Crippen molar-refractivity contribution in [3.05, 3.63) is 30.0 Å². The van der Waals surface area contributed by atoms with Crippen molar-refractivity contribution in [1.82, 2.24) is 4.98 Å². The van der Waals surface area contributed by atoms with Crippen molar-refractivity contribution in [2.75, 3.05) is 7.11 Å². The highest BCUT2D eigenvalue weighted by Gasteiger charge is 1.97. The predicted molar refractivity (Wildman–Crippen MR) is 58.3 cm³/mol. The molecule has 2 N–H and O–H groups in total. The van der Waals surface area contributed by atoms with Gasteiger partial charge in [0.15, 0.2) is 0 Å². The molecular weight excluding hydrogens is 194 g/mol. The molecule has 0 atom stereocenters. The summed E-state index contributed by atoms with van der Waals surface area (Å²) in [6.07, 6.45) is 0. The van der Waals surface area contributed by atoms with E-state index in [2.05, 4.69) is 11.1 Å². The van der Waals surface area contributed by atoms with E-state index in [0.29, 0.717) is 0 Å². The van der Waals surface area contributed by atoms with Gasteiger partial charge in [0.2, 0.25) is 0 Å². The molecule has 2 aromatic rings. The van der Waals surface area contributed by atoms with Gasteiger partial charge in [0.05, 0.1) is 7.11 Å². The number of H-pyrrole nitrogens is 1. The number of hydrogen-bond acceptors (Lipinski definition) is 2. The highest BCUT2D eigenvalue weighted by atomic mass is 16.5. The first-order valence-electron chi connectivity index (χ1n) is 4.42. The van der Waals surface area contributed by atoms with Crippen LogP contribution in [0, 0.1) is 6.92 Å². The van der Waals surface area contributed by atoms with Crippen LogP contribution in [-0.2, 0) is 4.79 Å². The van der Waals surface area contributed by atoms with Crippen LogP contribution in [0.1, 0.15) is 5.69 Å². The number of carbonyl (C=O) groups is 1. The topological polar surface area (TPSA) is 62.3 Å². The van der Waals surface area contributed by atoms with Crippen LogP contribution in [0.3, 0.4) is 0 Å². The SMILES string of the molecule is COc1ccc2[nH]c(C)cc2c1.O=CO. The molecule has 0 saturated heterocycles. The first kappa shape index (κ1) is 11.1. The van der Waals surface area contributed by atoms with E-state index in [1.54, 1.807) is 7.11 Å². The van der Waals surface area contributed by atoms with E-state index in [1.165, 1.54) is 11.1 Å². The van der Waals surface area contributed by atoms with Gasteiger partial charge in [-0.2, -0.15) is 0 Å². The Morgan fingerprint density at radius 2 is 2.07 bits per heavy atom. The molecule has 0 amide bonds. The van der Waals surface area contributed by atoms with Gasteiger partial charge in [-0.05, 0) is 31.2 Å². The van der Waals surface area contributed by atoms with Gasteiger partial charge in [-0.3, -0.25) is 4.79 Å². The fourth-order valence-corrected chi connectivity index (χ4v) is 1.38. The van der Waals surface area contributed by atoms with Crippen LogP contribution in [-0.4, -0.2) is 23.7 Å². The van der Waals surface area contributed by atoms with Crippen molar-refractivity contribution >= 4 is 17.4 Å². The summed E-state index contributed by atoms with van der Waals surface area (Å²) in [7, 11) is 1.68. The highest BCUT2D eigenvalue weighted by Crippen LogP contribution is 2.20. The summed E-state index contributed by atoms with van der Waals surface area (Å²) < 4.78 is 5.12. The molecule has 15 heavy (non-hydrogen) atoms. The number of rotatable bonds is 1. The molecule has 0 aliphatic heterocycles. The lowest BCUT2D eigenvalue weighted by Crippen LogP contribution is -1.80. The van der Waals surface area contributed by atoms with Crippen LogP contribution in [0.4, 0.5) is 0 Å². The Bertz CT molecular complexity index is 448. The van der Waals surface area contributed by atoms with Gasteiger partial charge in [-0.15, -0.1) is 0 Å². The highest BCUT2D eigenvalue weighted by molar-refractivity contribution is 5.81. The normalized spacial score (nSPS) is 9.20. The number of hydrogen-bond donors (Lipinski definition) is 2. The van der Waals surface area contributed by atoms with Crippen molar-refractivity contribution in [3.8, 4) is 5.75 Å². The molecule has 0 bridgehead atoms. The zero-order chi connectivity index (χ0) is 11.3. The third kappa shape index (κ3) is 2.74. The lowest BCUT2D eigenvalue weighted by Gasteiger charge is -1.97. The fourth-order valence-electron chi connectivity index (χ4n) is 1.38. The van der Waals surface area contributed by atoms with Gasteiger partial charge < -0.3 is 14.8 Å². The second-order valence-corrected chi connectivity index (χ2v) is 3.01. The minimum Gasteiger partial charge on any atom is -0.497 e. The number of ether oxygens (including phenoxy) is 1. The minimum atomic E-state index is -0.250. The molecule has 1 heterocycles. The number of methoxy groups -OCH3 is 1. The summed E-state index contributed by atoms with van der Waals surface area (Å²) in [5.74, 6) is 0.904. The quantitative estimate of drug-likeness (QED) is 0.704. The van der Waals surface area contributed by atoms with Crippen LogP contribution < -0.4 is 4.74 Å². The van der Waals surface area contributed by atoms with E-state index in [-0.39, 0.29) is 6.47 Å². The van der Waals surface area contributed by atoms with Crippen LogP contribution in [0.15, 0.2) is 24.3 Å². The van der Waals surface area contributed by atoms with Crippen LogP contribution in [0.5, 0.6) is 5.75 Å². The Kier molecular flexibility index (Phi) is 3.74. The molecule has 0 saturated carbocycles. The van der Waals surface area contributed by atoms with E-state index in [9.17, 15) is 0 Å². The molecule has 0 spiro atoms. The third-order valence-corrected chi connectivity index (χ3v) is 1.96. The number of aromatic amines is 1. The number of benzene rings is 1. The first-order chi connectivity index (χ1) is 7.21. The van der Waals surface area contributed by atoms with Crippen molar-refractivity contribution in [1.29, 1.82) is 0 Å². The standard InChI is InChI=1S/C10H11NO.CH2O2/c1-7-5-8-6-9(12-2)3-4-10(8)11-7;2-1-3/h3-6,11H,1-2H3;1H,(H,2,3). The van der Waals surface area contributed by atoms with Gasteiger partial charge in [0, 0.05) is 16.6 Å². The van der Waals surface area contributed by atoms with E-state index in [0.717, 1.165) is 11.3 Å². The third-order valence-electron chi connectivity index (χ3n) is 1.96. The van der Waals surface area contributed by atoms with Crippen molar-refractivity contribution in [2.24, 2.45) is 0 Å². The number of fused-ring (bicyclic) bond motifs is 1. The monoisotopic (exact) mass is 207 g/mol. The van der Waals surface area contributed by atoms with Crippen molar-refractivity contribution < 1.29 is 14.6 Å². The lowest BCUT2D eigenvalue weighted by molar-refractivity contribution is -0.122. The second kappa shape index (κ2) is 5.05. The summed E-state index contributed by atoms with van der Waals surface area (Å²) in [6.45, 7) is 1.80. The molecule has 2 rings (SSSR count). The number of carboxylic acid groups (broad SMARTS) is 1. The van der Waals surface area contributed by atoms with E-state index in [4.69, 9.17) is 14.6 Å². The molecule has 0 aliphatic carbocycles. The summed E-state index contributed by atoms with van der Waals surface area (Å²) in [6, 6.07) is 8.12. The second-order valence-electron chi connectivity index (χ2n) is 3.01. The zero-order valence-corrected chi connectivity index (χ0v) is 8.65. The molecule has 4 heteroatoms. The average molecular weight is 207 g/mol. The molecule has 0 aliphatic rings. The maximum absolute atomic E-state index is 8.36. The van der Waals surface area contributed by atoms with Crippen molar-refractivity contribution in [2.45, 2.75) is 6.92 Å². The molecule has 80 valence electrons. The summed E-state index contributed by atoms with van der Waals surface area (Å²) >= 11 is 0. The molecule has 1 aromatic heterocycles. The average Bonchev–Trinajstić information content (AvgIpc) is 2.57. The molecule has 4 nitrogen and oxygen atoms in total. The van der Waals surface area contributed by atoms with Crippen molar-refractivity contribution in [3.63, 3.8) is 0 Å². The van der Waals surface area contributed by atoms with Gasteiger partial charge in [-0.1, -0.05) is 0 Å². The Labute approximate surface area is 87.5 Å². The van der Waals surface area contributed by atoms with Crippen LogP contribution >= 0.6 is 0 Å². The Morgan fingerprint density at radius 1 is 1.40 bits per heavy atom. The van der Waals surface area contributed by atoms with Gasteiger partial charge in [-0.25, -0.2) is 0 Å². The number of aromatic nitrogens is 1. The first-order valence-corrected chi connectivity index (χ1v) is 4.42. The maximum Gasteiger partial charge on any atom is 0.290 e. The Hall–Kier alpha value is -1.97. The lowest BCUT2D eigenvalue weighted by atomic mass is 10.2. The minimum absolute atomic E-state index is 0.250. The molecular formula is C11H13NO3. The summed E-state index contributed by atoms with van der Waals surface area (Å²) in [5.41, 5.74) is 2.34. The van der Waals surface area contributed by atoms with Gasteiger partial charge >= 0.3 is 0 Å². The maximum atomic E-state index is 8.36. The molecule has 0 unspecified atom stereocenters. The van der Waals surface area contributed by atoms with Crippen LogP contribution in [0.25, 0.3) is 10.9 Å². The summed E-state index contributed by atoms with van der Waals surface area (Å²) in [4.78, 5) is 11.6. The van der Waals surface area contributed by atoms with Crippen LogP contribution in [0.2, 0.25) is 0 Å². The Morgan fingerprint density at radius 3 is 2.67 bits per heavy atom. The smallest absolute Gasteiger partial charge is 0.290 e. The summed E-state index contributed by atoms with van der Waals surface area (Å²) in [5, 5.41) is 8.09. The largest absolute Gasteiger partial charge is 0.497 e. The van der Waals surface area contributed by atoms with Gasteiger partial charge in [0.1, 0.15) is 5.75 Å². The van der Waals surface area contributed by atoms with E-state index < -0.39 is 0 Å². The van der Waals surface area contributed by atoms with E-state index in [1.807, 2.05) is 25.1 Å². The number of aryl methyl sites for hydroxylation is 1. The molecule has 0 fully saturated rings. The Balaban J connectivity index is 0.000000337. The van der Waals surface area contributed by atoms with Gasteiger partial charge in [0.25, 0.3) is 6.47 Å². The predicted octanol–water partition coefficient (Wildman–Crippen LogP) is 2.19. The molecule has 1 aromatic carbocycles. The zero-order valence-electron chi connectivity index (χ0n) is 8.65. The molecule has 0 radical (unpaired) electrons.